The third kappa shape index (κ3) is 5.22. The lowest BCUT2D eigenvalue weighted by Gasteiger charge is -2.22. The smallest absolute Gasteiger partial charge is 0.168 e. The largest absolute Gasteiger partial charge is 0.320 e. The highest BCUT2D eigenvalue weighted by Gasteiger charge is 2.27. The first-order chi connectivity index (χ1) is 15.9. The average Bonchev–Trinajstić information content (AvgIpc) is 3.43. The van der Waals surface area contributed by atoms with Crippen molar-refractivity contribution < 1.29 is 0 Å². The topological polar surface area (TPSA) is 43.6 Å². The van der Waals surface area contributed by atoms with E-state index in [9.17, 15) is 0 Å². The summed E-state index contributed by atoms with van der Waals surface area (Å²) >= 11 is 20.7. The molecule has 0 radical (unpaired) electrons. The van der Waals surface area contributed by atoms with Crippen LogP contribution in [0.2, 0.25) is 10.0 Å². The number of allylic oxidation sites excluding steroid dienone is 4. The molecule has 0 saturated heterocycles. The molecule has 2 aromatic heterocycles. The number of nitrogens with zero attached hydrogens (tertiary/aromatic N) is 4. The number of hydrogen-bond acceptors (Lipinski definition) is 4. The second kappa shape index (κ2) is 10.7. The predicted octanol–water partition coefficient (Wildman–Crippen LogP) is 8.86. The van der Waals surface area contributed by atoms with Gasteiger partial charge in [-0.1, -0.05) is 91.9 Å². The van der Waals surface area contributed by atoms with Crippen molar-refractivity contribution in [2.24, 2.45) is 0 Å². The molecule has 0 amide bonds. The van der Waals surface area contributed by atoms with Gasteiger partial charge in [-0.2, -0.15) is 0 Å². The van der Waals surface area contributed by atoms with Gasteiger partial charge in [0.25, 0.3) is 0 Å². The minimum Gasteiger partial charge on any atom is -0.320 e. The lowest BCUT2D eigenvalue weighted by molar-refractivity contribution is 0.590. The summed E-state index contributed by atoms with van der Waals surface area (Å²) in [6, 6.07) is 5.62. The van der Waals surface area contributed by atoms with Crippen LogP contribution in [-0.4, -0.2) is 19.7 Å². The van der Waals surface area contributed by atoms with E-state index in [0.717, 1.165) is 57.1 Å². The summed E-state index contributed by atoms with van der Waals surface area (Å²) in [5.74, 6) is 1.20. The molecule has 1 aromatic carbocycles. The van der Waals surface area contributed by atoms with E-state index in [1.165, 1.54) is 12.8 Å². The summed E-state index contributed by atoms with van der Waals surface area (Å²) in [5, 5.41) is 12.9. The van der Waals surface area contributed by atoms with Gasteiger partial charge < -0.3 is 4.57 Å². The minimum absolute atomic E-state index is 0.0846. The Morgan fingerprint density at radius 1 is 1.18 bits per heavy atom. The van der Waals surface area contributed by atoms with E-state index in [1.54, 1.807) is 17.4 Å². The number of aromatic nitrogens is 4. The van der Waals surface area contributed by atoms with Crippen molar-refractivity contribution in [1.82, 2.24) is 19.7 Å². The van der Waals surface area contributed by atoms with E-state index in [2.05, 4.69) is 41.6 Å². The van der Waals surface area contributed by atoms with E-state index < -0.39 is 0 Å². The normalized spacial score (nSPS) is 16.8. The van der Waals surface area contributed by atoms with Crippen LogP contribution < -0.4 is 0 Å². The lowest BCUT2D eigenvalue weighted by atomic mass is 10.1. The summed E-state index contributed by atoms with van der Waals surface area (Å²) in [6.45, 7) is 6.58. The Balaban J connectivity index is 1.84. The lowest BCUT2D eigenvalue weighted by Crippen LogP contribution is -2.12. The van der Waals surface area contributed by atoms with Crippen LogP contribution in [0.5, 0.6) is 0 Å². The summed E-state index contributed by atoms with van der Waals surface area (Å²) < 4.78 is 2.27. The third-order valence-electron chi connectivity index (χ3n) is 5.94. The SMILES string of the molecule is CCCCC(C)c1nnc(-c2nc(-c3ccc(Cl)cc3Cl)n(C3C=CC(Cl)=CC3)c2CC)s1. The van der Waals surface area contributed by atoms with Crippen LogP contribution in [0, 0.1) is 0 Å². The van der Waals surface area contributed by atoms with Crippen LogP contribution in [0.4, 0.5) is 0 Å². The molecule has 0 aliphatic heterocycles. The van der Waals surface area contributed by atoms with Crippen LogP contribution in [0.3, 0.4) is 0 Å². The zero-order valence-electron chi connectivity index (χ0n) is 19.0. The van der Waals surface area contributed by atoms with Crippen molar-refractivity contribution >= 4 is 46.1 Å². The van der Waals surface area contributed by atoms with E-state index >= 15 is 0 Å². The molecule has 0 bridgehead atoms. The van der Waals surface area contributed by atoms with Crippen LogP contribution in [0.25, 0.3) is 22.1 Å². The molecule has 1 aliphatic carbocycles. The first kappa shape index (κ1) is 24.5. The van der Waals surface area contributed by atoms with Crippen LogP contribution in [0.15, 0.2) is 41.5 Å². The number of imidazole rings is 1. The fourth-order valence-electron chi connectivity index (χ4n) is 4.13. The zero-order valence-corrected chi connectivity index (χ0v) is 22.1. The second-order valence-corrected chi connectivity index (χ2v) is 10.6. The van der Waals surface area contributed by atoms with Crippen molar-refractivity contribution in [1.29, 1.82) is 0 Å². The van der Waals surface area contributed by atoms with Crippen molar-refractivity contribution in [3.05, 3.63) is 62.2 Å². The molecule has 2 heterocycles. The van der Waals surface area contributed by atoms with E-state index in [4.69, 9.17) is 39.8 Å². The van der Waals surface area contributed by atoms with Crippen molar-refractivity contribution in [3.63, 3.8) is 0 Å². The van der Waals surface area contributed by atoms with E-state index in [1.807, 2.05) is 24.3 Å². The highest BCUT2D eigenvalue weighted by molar-refractivity contribution is 7.14. The molecule has 0 spiro atoms. The van der Waals surface area contributed by atoms with Crippen molar-refractivity contribution in [3.8, 4) is 22.1 Å². The average molecular weight is 522 g/mol. The Kier molecular flexibility index (Phi) is 7.95. The molecule has 174 valence electrons. The molecule has 0 N–H and O–H groups in total. The number of rotatable bonds is 8. The molecule has 3 aromatic rings. The van der Waals surface area contributed by atoms with Gasteiger partial charge in [-0.15, -0.1) is 10.2 Å². The Bertz CT molecular complexity index is 1190. The quantitative estimate of drug-likeness (QED) is 0.297. The van der Waals surface area contributed by atoms with Crippen molar-refractivity contribution in [2.45, 2.75) is 64.8 Å². The van der Waals surface area contributed by atoms with Gasteiger partial charge in [0.15, 0.2) is 5.01 Å². The molecule has 2 unspecified atom stereocenters. The summed E-state index contributed by atoms with van der Waals surface area (Å²) in [5.41, 5.74) is 2.83. The monoisotopic (exact) mass is 520 g/mol. The summed E-state index contributed by atoms with van der Waals surface area (Å²) in [4.78, 5) is 5.10. The third-order valence-corrected chi connectivity index (χ3v) is 7.93. The Morgan fingerprint density at radius 3 is 2.67 bits per heavy atom. The van der Waals surface area contributed by atoms with Gasteiger partial charge in [0.05, 0.1) is 11.1 Å². The number of halogens is 3. The van der Waals surface area contributed by atoms with Gasteiger partial charge in [0, 0.05) is 27.2 Å². The maximum absolute atomic E-state index is 6.63. The number of benzene rings is 1. The van der Waals surface area contributed by atoms with Gasteiger partial charge in [0.2, 0.25) is 0 Å². The van der Waals surface area contributed by atoms with Crippen molar-refractivity contribution in [2.75, 3.05) is 0 Å². The van der Waals surface area contributed by atoms with Crippen LogP contribution >= 0.6 is 46.1 Å². The predicted molar refractivity (Wildman–Crippen MR) is 141 cm³/mol. The first-order valence-corrected chi connectivity index (χ1v) is 13.3. The Hall–Kier alpha value is -1.66. The number of unbranched alkanes of at least 4 members (excludes halogenated alkanes) is 1. The molecule has 4 rings (SSSR count). The molecule has 1 aliphatic rings. The van der Waals surface area contributed by atoms with E-state index in [-0.39, 0.29) is 6.04 Å². The Morgan fingerprint density at radius 2 is 2.00 bits per heavy atom. The fourth-order valence-corrected chi connectivity index (χ4v) is 5.73. The fraction of sp³-hybridized carbons (Fsp3) is 0.400. The molecule has 8 heteroatoms. The zero-order chi connectivity index (χ0) is 23.5. The number of hydrogen-bond donors (Lipinski definition) is 0. The van der Waals surface area contributed by atoms with E-state index in [0.29, 0.717) is 16.0 Å². The molecule has 0 saturated carbocycles. The first-order valence-electron chi connectivity index (χ1n) is 11.4. The molecule has 4 nitrogen and oxygen atoms in total. The van der Waals surface area contributed by atoms with Crippen LogP contribution in [-0.2, 0) is 6.42 Å². The maximum atomic E-state index is 6.63. The molecule has 2 atom stereocenters. The minimum atomic E-state index is 0.0846. The van der Waals surface area contributed by atoms with Gasteiger partial charge in [-0.3, -0.25) is 0 Å². The molecule has 33 heavy (non-hydrogen) atoms. The second-order valence-electron chi connectivity index (χ2n) is 8.32. The van der Waals surface area contributed by atoms with Gasteiger partial charge in [0.1, 0.15) is 16.5 Å². The maximum Gasteiger partial charge on any atom is 0.168 e. The highest BCUT2D eigenvalue weighted by atomic mass is 35.5. The molecular formula is C25H27Cl3N4S. The highest BCUT2D eigenvalue weighted by Crippen LogP contribution is 2.40. The summed E-state index contributed by atoms with van der Waals surface area (Å²) in [6.07, 6.45) is 11.2. The molecule has 0 fully saturated rings. The van der Waals surface area contributed by atoms with Gasteiger partial charge >= 0.3 is 0 Å². The van der Waals surface area contributed by atoms with Gasteiger partial charge in [-0.25, -0.2) is 4.98 Å². The van der Waals surface area contributed by atoms with Crippen LogP contribution in [0.1, 0.15) is 69.1 Å². The summed E-state index contributed by atoms with van der Waals surface area (Å²) in [7, 11) is 0. The Labute approximate surface area is 214 Å². The van der Waals surface area contributed by atoms with Gasteiger partial charge in [-0.05, 0) is 43.5 Å². The standard InChI is InChI=1S/C25H27Cl3N4S/c1-4-6-7-15(3)24-30-31-25(33-24)22-21(5-2)32(18-11-8-16(26)9-12-18)23(29-22)19-13-10-17(27)14-20(19)28/h8-11,13-15,18H,4-7,12H2,1-3H3. The molecular weight excluding hydrogens is 495 g/mol.